The smallest absolute Gasteiger partial charge is 0.261 e. The molecule has 3 aromatic carbocycles. The van der Waals surface area contributed by atoms with Gasteiger partial charge in [-0.3, -0.25) is 9.59 Å². The second kappa shape index (κ2) is 13.5. The Morgan fingerprint density at radius 3 is 2.18 bits per heavy atom. The van der Waals surface area contributed by atoms with E-state index >= 15 is 0 Å². The molecule has 0 radical (unpaired) electrons. The Kier molecular flexibility index (Phi) is 10.4. The lowest BCUT2D eigenvalue weighted by Crippen LogP contribution is -2.53. The van der Waals surface area contributed by atoms with Gasteiger partial charge in [-0.2, -0.15) is 0 Å². The van der Waals surface area contributed by atoms with Gasteiger partial charge in [0.25, 0.3) is 5.91 Å². The fourth-order valence-corrected chi connectivity index (χ4v) is 4.28. The van der Waals surface area contributed by atoms with Gasteiger partial charge in [-0.1, -0.05) is 100.0 Å². The predicted molar refractivity (Wildman–Crippen MR) is 154 cm³/mol. The fraction of sp³-hybridized carbons (Fsp3) is 0.375. The molecule has 0 spiro atoms. The second-order valence-electron chi connectivity index (χ2n) is 10.7. The highest BCUT2D eigenvalue weighted by molar-refractivity contribution is 6.31. The number of halogens is 1. The van der Waals surface area contributed by atoms with Crippen molar-refractivity contribution in [1.82, 2.24) is 10.2 Å². The monoisotopic (exact) mass is 534 g/mol. The van der Waals surface area contributed by atoms with Crippen molar-refractivity contribution in [3.05, 3.63) is 101 Å². The zero-order valence-corrected chi connectivity index (χ0v) is 23.8. The maximum Gasteiger partial charge on any atom is 0.261 e. The first-order valence-electron chi connectivity index (χ1n) is 13.2. The molecule has 0 heterocycles. The van der Waals surface area contributed by atoms with Crippen LogP contribution in [0.15, 0.2) is 78.9 Å². The number of nitrogens with zero attached hydrogens (tertiary/aromatic N) is 1. The molecule has 6 heteroatoms. The highest BCUT2D eigenvalue weighted by Crippen LogP contribution is 2.25. The number of amides is 2. The number of ether oxygens (including phenoxy) is 1. The van der Waals surface area contributed by atoms with Gasteiger partial charge in [0, 0.05) is 24.0 Å². The molecule has 0 saturated carbocycles. The summed E-state index contributed by atoms with van der Waals surface area (Å²) >= 11 is 6.48. The highest BCUT2D eigenvalue weighted by atomic mass is 35.5. The van der Waals surface area contributed by atoms with Crippen LogP contribution in [0.4, 0.5) is 0 Å². The summed E-state index contributed by atoms with van der Waals surface area (Å²) in [4.78, 5) is 28.9. The summed E-state index contributed by atoms with van der Waals surface area (Å²) < 4.78 is 5.91. The minimum Gasteiger partial charge on any atom is -0.484 e. The average Bonchev–Trinajstić information content (AvgIpc) is 2.90. The first-order chi connectivity index (χ1) is 18.1. The van der Waals surface area contributed by atoms with E-state index in [0.717, 1.165) is 17.5 Å². The number of rotatable bonds is 11. The Balaban J connectivity index is 1.90. The van der Waals surface area contributed by atoms with Crippen LogP contribution in [0.25, 0.3) is 0 Å². The van der Waals surface area contributed by atoms with E-state index in [9.17, 15) is 9.59 Å². The molecular weight excluding hydrogens is 496 g/mol. The fourth-order valence-electron chi connectivity index (χ4n) is 4.08. The van der Waals surface area contributed by atoms with Crippen molar-refractivity contribution in [2.45, 2.75) is 71.5 Å². The molecule has 0 bridgehead atoms. The van der Waals surface area contributed by atoms with Gasteiger partial charge in [-0.05, 0) is 53.6 Å². The third kappa shape index (κ3) is 8.35. The van der Waals surface area contributed by atoms with Crippen LogP contribution in [-0.4, -0.2) is 35.4 Å². The van der Waals surface area contributed by atoms with E-state index in [1.807, 2.05) is 86.6 Å². The van der Waals surface area contributed by atoms with E-state index in [-0.39, 0.29) is 36.4 Å². The van der Waals surface area contributed by atoms with E-state index in [2.05, 4.69) is 26.1 Å². The number of nitrogens with one attached hydrogen (secondary N) is 1. The zero-order valence-electron chi connectivity index (χ0n) is 23.0. The van der Waals surface area contributed by atoms with Crippen LogP contribution < -0.4 is 10.1 Å². The first-order valence-corrected chi connectivity index (χ1v) is 13.6. The van der Waals surface area contributed by atoms with Gasteiger partial charge < -0.3 is 15.0 Å². The largest absolute Gasteiger partial charge is 0.484 e. The van der Waals surface area contributed by atoms with Gasteiger partial charge in [-0.15, -0.1) is 0 Å². The predicted octanol–water partition coefficient (Wildman–Crippen LogP) is 6.57. The molecule has 2 atom stereocenters. The van der Waals surface area contributed by atoms with Crippen molar-refractivity contribution in [2.24, 2.45) is 0 Å². The van der Waals surface area contributed by atoms with Crippen molar-refractivity contribution < 1.29 is 14.3 Å². The van der Waals surface area contributed by atoms with Crippen LogP contribution in [-0.2, 0) is 28.0 Å². The van der Waals surface area contributed by atoms with Crippen molar-refractivity contribution in [1.29, 1.82) is 0 Å². The lowest BCUT2D eigenvalue weighted by Gasteiger charge is -2.32. The second-order valence-corrected chi connectivity index (χ2v) is 11.1. The van der Waals surface area contributed by atoms with E-state index in [4.69, 9.17) is 16.3 Å². The zero-order chi connectivity index (χ0) is 27.7. The molecule has 202 valence electrons. The van der Waals surface area contributed by atoms with Gasteiger partial charge in [-0.25, -0.2) is 0 Å². The van der Waals surface area contributed by atoms with Gasteiger partial charge in [0.1, 0.15) is 11.8 Å². The third-order valence-corrected chi connectivity index (χ3v) is 7.02. The normalized spacial score (nSPS) is 12.9. The summed E-state index contributed by atoms with van der Waals surface area (Å²) in [7, 11) is 0. The van der Waals surface area contributed by atoms with E-state index in [1.165, 1.54) is 5.56 Å². The molecule has 0 saturated heterocycles. The minimum atomic E-state index is -0.734. The molecule has 38 heavy (non-hydrogen) atoms. The van der Waals surface area contributed by atoms with Crippen LogP contribution in [0.5, 0.6) is 5.75 Å². The summed E-state index contributed by atoms with van der Waals surface area (Å²) in [6.07, 6.45) is 1.16. The van der Waals surface area contributed by atoms with Crippen molar-refractivity contribution >= 4 is 23.4 Å². The molecule has 0 aliphatic heterocycles. The van der Waals surface area contributed by atoms with Gasteiger partial charge in [0.15, 0.2) is 6.61 Å². The van der Waals surface area contributed by atoms with Crippen LogP contribution >= 0.6 is 11.6 Å². The molecule has 0 aliphatic carbocycles. The number of benzene rings is 3. The summed E-state index contributed by atoms with van der Waals surface area (Å²) in [6, 6.07) is 24.2. The van der Waals surface area contributed by atoms with Crippen molar-refractivity contribution in [2.75, 3.05) is 6.61 Å². The molecule has 1 N–H and O–H groups in total. The summed E-state index contributed by atoms with van der Waals surface area (Å²) in [5.41, 5.74) is 2.94. The van der Waals surface area contributed by atoms with Gasteiger partial charge >= 0.3 is 0 Å². The Morgan fingerprint density at radius 2 is 1.58 bits per heavy atom. The number of carbonyl (C=O) groups is 2. The summed E-state index contributed by atoms with van der Waals surface area (Å²) in [6.45, 7) is 10.4. The third-order valence-electron chi connectivity index (χ3n) is 6.65. The van der Waals surface area contributed by atoms with Crippen LogP contribution in [0.2, 0.25) is 5.02 Å². The van der Waals surface area contributed by atoms with Crippen molar-refractivity contribution in [3.63, 3.8) is 0 Å². The number of carbonyl (C=O) groups excluding carboxylic acids is 2. The highest BCUT2D eigenvalue weighted by Gasteiger charge is 2.31. The van der Waals surface area contributed by atoms with Crippen molar-refractivity contribution in [3.8, 4) is 5.75 Å². The van der Waals surface area contributed by atoms with Gasteiger partial charge in [0.05, 0.1) is 0 Å². The number of hydrogen-bond donors (Lipinski definition) is 1. The maximum atomic E-state index is 13.7. The van der Waals surface area contributed by atoms with Crippen LogP contribution in [0.3, 0.4) is 0 Å². The Bertz CT molecular complexity index is 1190. The molecule has 0 aliphatic rings. The molecule has 5 nitrogen and oxygen atoms in total. The number of hydrogen-bond acceptors (Lipinski definition) is 3. The van der Waals surface area contributed by atoms with Gasteiger partial charge in [0.2, 0.25) is 5.91 Å². The van der Waals surface area contributed by atoms with E-state index in [1.54, 1.807) is 11.0 Å². The Labute approximate surface area is 232 Å². The van der Waals surface area contributed by atoms with Crippen LogP contribution in [0, 0.1) is 0 Å². The first kappa shape index (κ1) is 29.2. The maximum absolute atomic E-state index is 13.7. The molecule has 3 rings (SSSR count). The minimum absolute atomic E-state index is 0.0179. The summed E-state index contributed by atoms with van der Waals surface area (Å²) in [5.74, 6) is 0.121. The SMILES string of the molecule is CCC(C)NC(=O)C(Cc1ccccc1)N(Cc1ccccc1Cl)C(=O)COc1ccc(C(C)(C)C)cc1. The summed E-state index contributed by atoms with van der Waals surface area (Å²) in [5, 5.41) is 3.62. The quantitative estimate of drug-likeness (QED) is 0.302. The molecule has 2 unspecified atom stereocenters. The van der Waals surface area contributed by atoms with E-state index in [0.29, 0.717) is 17.2 Å². The molecule has 3 aromatic rings. The van der Waals surface area contributed by atoms with E-state index < -0.39 is 6.04 Å². The molecular formula is C32H39ClN2O3. The molecule has 2 amide bonds. The Hall–Kier alpha value is -3.31. The lowest BCUT2D eigenvalue weighted by atomic mass is 9.87. The molecule has 0 aromatic heterocycles. The standard InChI is InChI=1S/C32H39ClN2O3/c1-6-23(2)34-31(37)29(20-24-12-8-7-9-13-24)35(21-25-14-10-11-15-28(25)33)30(36)22-38-27-18-16-26(17-19-27)32(3,4)5/h7-19,23,29H,6,20-22H2,1-5H3,(H,34,37). The van der Waals surface area contributed by atoms with Crippen LogP contribution in [0.1, 0.15) is 57.7 Å². The average molecular weight is 535 g/mol. The lowest BCUT2D eigenvalue weighted by molar-refractivity contribution is -0.143. The molecule has 0 fully saturated rings. The Morgan fingerprint density at radius 1 is 0.947 bits per heavy atom. The topological polar surface area (TPSA) is 58.6 Å².